The van der Waals surface area contributed by atoms with Crippen molar-refractivity contribution < 1.29 is 12.9 Å². The summed E-state index contributed by atoms with van der Waals surface area (Å²) in [5.74, 6) is 0.423. The zero-order chi connectivity index (χ0) is 13.9. The molecule has 0 unspecified atom stereocenters. The van der Waals surface area contributed by atoms with Gasteiger partial charge in [-0.05, 0) is 18.2 Å². The molecule has 0 saturated carbocycles. The van der Waals surface area contributed by atoms with Gasteiger partial charge in [0.1, 0.15) is 4.90 Å². The topological polar surface area (TPSA) is 111 Å². The van der Waals surface area contributed by atoms with Crippen molar-refractivity contribution in [1.29, 1.82) is 0 Å². The Morgan fingerprint density at radius 2 is 2.21 bits per heavy atom. The fourth-order valence-electron chi connectivity index (χ4n) is 1.44. The SMILES string of the molecule is Nc1cc(Cl)ccc1S(=O)(=O)NCCc1ncon1. The van der Waals surface area contributed by atoms with Crippen LogP contribution in [0.2, 0.25) is 5.02 Å². The number of rotatable bonds is 5. The fraction of sp³-hybridized carbons (Fsp3) is 0.200. The van der Waals surface area contributed by atoms with Crippen molar-refractivity contribution in [1.82, 2.24) is 14.9 Å². The van der Waals surface area contributed by atoms with E-state index in [1.165, 1.54) is 24.6 Å². The van der Waals surface area contributed by atoms with E-state index < -0.39 is 10.0 Å². The van der Waals surface area contributed by atoms with E-state index in [1.807, 2.05) is 0 Å². The first-order chi connectivity index (χ1) is 8.99. The summed E-state index contributed by atoms with van der Waals surface area (Å²) < 4.78 is 30.9. The van der Waals surface area contributed by atoms with Crippen LogP contribution in [0.1, 0.15) is 5.82 Å². The first-order valence-corrected chi connectivity index (χ1v) is 7.15. The van der Waals surface area contributed by atoms with E-state index >= 15 is 0 Å². The van der Waals surface area contributed by atoms with Crippen molar-refractivity contribution >= 4 is 27.3 Å². The van der Waals surface area contributed by atoms with Gasteiger partial charge in [0.25, 0.3) is 0 Å². The molecule has 0 amide bonds. The van der Waals surface area contributed by atoms with E-state index in [2.05, 4.69) is 19.4 Å². The maximum absolute atomic E-state index is 12.0. The fourth-order valence-corrected chi connectivity index (χ4v) is 2.76. The normalized spacial score (nSPS) is 11.6. The van der Waals surface area contributed by atoms with Crippen LogP contribution in [0.3, 0.4) is 0 Å². The van der Waals surface area contributed by atoms with Crippen molar-refractivity contribution in [2.45, 2.75) is 11.3 Å². The molecule has 0 atom stereocenters. The molecular weight excluding hydrogens is 292 g/mol. The van der Waals surface area contributed by atoms with Crippen LogP contribution in [0, 0.1) is 0 Å². The number of nitrogens with one attached hydrogen (secondary N) is 1. The summed E-state index contributed by atoms with van der Waals surface area (Å²) in [5.41, 5.74) is 5.73. The predicted octanol–water partition coefficient (Wildman–Crippen LogP) is 0.826. The molecule has 0 aliphatic carbocycles. The average Bonchev–Trinajstić information content (AvgIpc) is 2.81. The Kier molecular flexibility index (Phi) is 4.03. The number of hydrogen-bond donors (Lipinski definition) is 2. The Labute approximate surface area is 114 Å². The van der Waals surface area contributed by atoms with Crippen molar-refractivity contribution in [3.63, 3.8) is 0 Å². The first-order valence-electron chi connectivity index (χ1n) is 5.29. The number of halogens is 1. The van der Waals surface area contributed by atoms with Gasteiger partial charge in [0.15, 0.2) is 5.82 Å². The van der Waals surface area contributed by atoms with Crippen LogP contribution in [-0.4, -0.2) is 25.1 Å². The molecule has 7 nitrogen and oxygen atoms in total. The summed E-state index contributed by atoms with van der Waals surface area (Å²) in [7, 11) is -3.68. The van der Waals surface area contributed by atoms with Crippen LogP contribution in [0.4, 0.5) is 5.69 Å². The number of anilines is 1. The average molecular weight is 303 g/mol. The number of nitrogen functional groups attached to an aromatic ring is 1. The Morgan fingerprint density at radius 1 is 1.42 bits per heavy atom. The molecule has 9 heteroatoms. The summed E-state index contributed by atoms with van der Waals surface area (Å²) in [4.78, 5) is 3.77. The van der Waals surface area contributed by atoms with E-state index in [-0.39, 0.29) is 17.1 Å². The monoisotopic (exact) mass is 302 g/mol. The van der Waals surface area contributed by atoms with Gasteiger partial charge in [-0.15, -0.1) is 0 Å². The van der Waals surface area contributed by atoms with Crippen LogP contribution in [0.25, 0.3) is 0 Å². The van der Waals surface area contributed by atoms with Gasteiger partial charge in [0.2, 0.25) is 16.4 Å². The molecule has 1 aromatic heterocycles. The molecule has 1 heterocycles. The third-order valence-corrected chi connectivity index (χ3v) is 4.08. The second-order valence-corrected chi connectivity index (χ2v) is 5.85. The maximum Gasteiger partial charge on any atom is 0.242 e. The van der Waals surface area contributed by atoms with Crippen LogP contribution in [0.15, 0.2) is 34.0 Å². The Morgan fingerprint density at radius 3 is 2.84 bits per heavy atom. The molecule has 0 saturated heterocycles. The third kappa shape index (κ3) is 3.43. The van der Waals surface area contributed by atoms with Crippen LogP contribution in [0.5, 0.6) is 0 Å². The zero-order valence-electron chi connectivity index (χ0n) is 9.71. The molecular formula is C10H11ClN4O3S. The molecule has 0 aliphatic heterocycles. The van der Waals surface area contributed by atoms with Gasteiger partial charge in [-0.1, -0.05) is 16.8 Å². The highest BCUT2D eigenvalue weighted by Gasteiger charge is 2.17. The number of sulfonamides is 1. The standard InChI is InChI=1S/C10H11ClN4O3S/c11-7-1-2-9(8(12)5-7)19(16,17)14-4-3-10-13-6-18-15-10/h1-2,5-6,14H,3-4,12H2. The number of nitrogens with two attached hydrogens (primary N) is 1. The molecule has 0 spiro atoms. The Balaban J connectivity index is 2.05. The van der Waals surface area contributed by atoms with Crippen LogP contribution < -0.4 is 10.5 Å². The summed E-state index contributed by atoms with van der Waals surface area (Å²) in [6, 6.07) is 4.20. The van der Waals surface area contributed by atoms with E-state index in [9.17, 15) is 8.42 Å². The molecule has 3 N–H and O–H groups in total. The highest BCUT2D eigenvalue weighted by atomic mass is 35.5. The lowest BCUT2D eigenvalue weighted by molar-refractivity contribution is 0.410. The van der Waals surface area contributed by atoms with E-state index in [0.29, 0.717) is 17.3 Å². The number of hydrogen-bond acceptors (Lipinski definition) is 6. The molecule has 0 radical (unpaired) electrons. The zero-order valence-corrected chi connectivity index (χ0v) is 11.3. The van der Waals surface area contributed by atoms with Crippen molar-refractivity contribution in [3.8, 4) is 0 Å². The lowest BCUT2D eigenvalue weighted by Gasteiger charge is -2.08. The summed E-state index contributed by atoms with van der Waals surface area (Å²) in [6.07, 6.45) is 1.50. The van der Waals surface area contributed by atoms with E-state index in [1.54, 1.807) is 0 Å². The molecule has 2 aromatic rings. The van der Waals surface area contributed by atoms with Crippen molar-refractivity contribution in [2.75, 3.05) is 12.3 Å². The summed E-state index contributed by atoms with van der Waals surface area (Å²) >= 11 is 5.72. The molecule has 2 rings (SSSR count). The Bertz CT molecular complexity index is 657. The number of benzene rings is 1. The third-order valence-electron chi connectivity index (χ3n) is 2.31. The molecule has 0 fully saturated rings. The smallest absolute Gasteiger partial charge is 0.242 e. The molecule has 1 aromatic carbocycles. The first kappa shape index (κ1) is 13.8. The van der Waals surface area contributed by atoms with Gasteiger partial charge in [-0.3, -0.25) is 0 Å². The van der Waals surface area contributed by atoms with Gasteiger partial charge in [0.05, 0.1) is 5.69 Å². The van der Waals surface area contributed by atoms with Gasteiger partial charge in [-0.2, -0.15) is 4.98 Å². The molecule has 0 aliphatic rings. The van der Waals surface area contributed by atoms with Crippen LogP contribution in [-0.2, 0) is 16.4 Å². The van der Waals surface area contributed by atoms with Gasteiger partial charge < -0.3 is 10.3 Å². The second-order valence-electron chi connectivity index (χ2n) is 3.68. The summed E-state index contributed by atoms with van der Waals surface area (Å²) in [6.45, 7) is 0.143. The lowest BCUT2D eigenvalue weighted by atomic mass is 10.3. The minimum absolute atomic E-state index is 0.00925. The molecule has 19 heavy (non-hydrogen) atoms. The van der Waals surface area contributed by atoms with Crippen molar-refractivity contribution in [2.24, 2.45) is 0 Å². The largest absolute Gasteiger partial charge is 0.398 e. The highest BCUT2D eigenvalue weighted by molar-refractivity contribution is 7.89. The second kappa shape index (κ2) is 5.55. The molecule has 102 valence electrons. The van der Waals surface area contributed by atoms with Gasteiger partial charge >= 0.3 is 0 Å². The van der Waals surface area contributed by atoms with Gasteiger partial charge in [0, 0.05) is 18.0 Å². The maximum atomic E-state index is 12.0. The van der Waals surface area contributed by atoms with Crippen LogP contribution >= 0.6 is 11.6 Å². The number of aromatic nitrogens is 2. The predicted molar refractivity (Wildman–Crippen MR) is 69.1 cm³/mol. The quantitative estimate of drug-likeness (QED) is 0.791. The minimum atomic E-state index is -3.68. The van der Waals surface area contributed by atoms with E-state index in [4.69, 9.17) is 17.3 Å². The number of nitrogens with zero attached hydrogens (tertiary/aromatic N) is 2. The summed E-state index contributed by atoms with van der Waals surface area (Å²) in [5, 5.41) is 3.95. The molecule has 0 bridgehead atoms. The van der Waals surface area contributed by atoms with E-state index in [0.717, 1.165) is 0 Å². The van der Waals surface area contributed by atoms with Gasteiger partial charge in [-0.25, -0.2) is 13.1 Å². The minimum Gasteiger partial charge on any atom is -0.398 e. The van der Waals surface area contributed by atoms with Crippen molar-refractivity contribution in [3.05, 3.63) is 35.4 Å². The lowest BCUT2D eigenvalue weighted by Crippen LogP contribution is -2.27. The Hall–Kier alpha value is -1.64. The highest BCUT2D eigenvalue weighted by Crippen LogP contribution is 2.22.